The van der Waals surface area contributed by atoms with E-state index >= 15 is 0 Å². The van der Waals surface area contributed by atoms with Crippen LogP contribution in [0, 0.1) is 6.92 Å². The predicted molar refractivity (Wildman–Crippen MR) is 78.7 cm³/mol. The Hall–Kier alpha value is -1.56. The molecule has 19 heavy (non-hydrogen) atoms. The molecular weight excluding hydrogens is 262 g/mol. The van der Waals surface area contributed by atoms with Crippen molar-refractivity contribution in [3.05, 3.63) is 16.0 Å². The average molecular weight is 283 g/mol. The van der Waals surface area contributed by atoms with Gasteiger partial charge >= 0.3 is 0 Å². The summed E-state index contributed by atoms with van der Waals surface area (Å²) in [6.07, 6.45) is 1.73. The summed E-state index contributed by atoms with van der Waals surface area (Å²) in [5, 5.41) is 5.97. The number of rotatable bonds is 6. The minimum absolute atomic E-state index is 0.161. The van der Waals surface area contributed by atoms with Gasteiger partial charge in [0.05, 0.1) is 15.4 Å². The number of hydrogen-bond donors (Lipinski definition) is 3. The number of nitrogens with one attached hydrogen (secondary N) is 2. The third kappa shape index (κ3) is 3.70. The minimum Gasteiger partial charge on any atom is -0.390 e. The topological polar surface area (TPSA) is 84.2 Å². The highest BCUT2D eigenvalue weighted by Crippen LogP contribution is 2.30. The summed E-state index contributed by atoms with van der Waals surface area (Å²) in [7, 11) is 0. The van der Waals surface area contributed by atoms with E-state index in [1.807, 2.05) is 13.8 Å². The summed E-state index contributed by atoms with van der Waals surface area (Å²) in [5.74, 6) is -0.367. The van der Waals surface area contributed by atoms with E-state index in [2.05, 4.69) is 10.6 Å². The first-order valence-corrected chi connectivity index (χ1v) is 7.29. The number of thiophene rings is 1. The van der Waals surface area contributed by atoms with Crippen LogP contribution in [-0.4, -0.2) is 24.9 Å². The van der Waals surface area contributed by atoms with E-state index in [9.17, 15) is 9.59 Å². The van der Waals surface area contributed by atoms with Crippen molar-refractivity contribution in [3.63, 3.8) is 0 Å². The van der Waals surface area contributed by atoms with Crippen LogP contribution in [0.1, 0.15) is 52.3 Å². The second kappa shape index (κ2) is 7.13. The molecule has 0 saturated carbocycles. The smallest absolute Gasteiger partial charge is 0.261 e. The Labute approximate surface area is 117 Å². The molecule has 0 saturated heterocycles. The van der Waals surface area contributed by atoms with E-state index in [0.29, 0.717) is 34.1 Å². The average Bonchev–Trinajstić information content (AvgIpc) is 2.68. The highest BCUT2D eigenvalue weighted by Gasteiger charge is 2.22. The molecule has 0 spiro atoms. The molecule has 0 aromatic carbocycles. The van der Waals surface area contributed by atoms with Gasteiger partial charge in [-0.05, 0) is 25.3 Å². The van der Waals surface area contributed by atoms with E-state index < -0.39 is 0 Å². The van der Waals surface area contributed by atoms with E-state index in [1.54, 1.807) is 6.92 Å². The first-order chi connectivity index (χ1) is 9.02. The molecule has 2 amide bonds. The van der Waals surface area contributed by atoms with Crippen molar-refractivity contribution in [2.24, 2.45) is 0 Å². The number of nitrogens with two attached hydrogens (primary N) is 1. The molecule has 1 aromatic heterocycles. The Morgan fingerprint density at radius 1 is 1.11 bits per heavy atom. The summed E-state index contributed by atoms with van der Waals surface area (Å²) in [6.45, 7) is 6.94. The summed E-state index contributed by atoms with van der Waals surface area (Å²) in [6, 6.07) is 0. The maximum absolute atomic E-state index is 12.0. The van der Waals surface area contributed by atoms with Gasteiger partial charge in [-0.1, -0.05) is 13.8 Å². The Morgan fingerprint density at radius 3 is 2.16 bits per heavy atom. The maximum atomic E-state index is 12.0. The van der Waals surface area contributed by atoms with Gasteiger partial charge in [-0.2, -0.15) is 0 Å². The fourth-order valence-corrected chi connectivity index (χ4v) is 2.67. The largest absolute Gasteiger partial charge is 0.390 e. The van der Waals surface area contributed by atoms with Gasteiger partial charge in [0.1, 0.15) is 0 Å². The van der Waals surface area contributed by atoms with Crippen LogP contribution in [0.2, 0.25) is 0 Å². The fraction of sp³-hybridized carbons (Fsp3) is 0.538. The number of nitrogen functional groups attached to an aromatic ring is 1. The monoisotopic (exact) mass is 283 g/mol. The van der Waals surface area contributed by atoms with Crippen LogP contribution < -0.4 is 16.4 Å². The van der Waals surface area contributed by atoms with Crippen molar-refractivity contribution in [2.75, 3.05) is 18.8 Å². The van der Waals surface area contributed by atoms with Crippen LogP contribution in [0.3, 0.4) is 0 Å². The summed E-state index contributed by atoms with van der Waals surface area (Å²) < 4.78 is 0. The molecule has 1 aromatic rings. The Morgan fingerprint density at radius 2 is 1.63 bits per heavy atom. The van der Waals surface area contributed by atoms with E-state index in [1.165, 1.54) is 11.3 Å². The molecule has 0 radical (unpaired) electrons. The number of carbonyl (C=O) groups excluding carboxylic acids is 2. The molecule has 0 bridgehead atoms. The van der Waals surface area contributed by atoms with Gasteiger partial charge in [0, 0.05) is 13.1 Å². The Balaban J connectivity index is 2.93. The van der Waals surface area contributed by atoms with Crippen molar-refractivity contribution in [1.82, 2.24) is 10.6 Å². The van der Waals surface area contributed by atoms with Crippen LogP contribution in [-0.2, 0) is 0 Å². The van der Waals surface area contributed by atoms with Crippen LogP contribution in [0.25, 0.3) is 0 Å². The first kappa shape index (κ1) is 15.5. The summed E-state index contributed by atoms with van der Waals surface area (Å²) in [5.41, 5.74) is 6.95. The SMILES string of the molecule is CCCNC(=O)c1sc(N)c(C(=O)NCCC)c1C. The highest BCUT2D eigenvalue weighted by molar-refractivity contribution is 7.18. The lowest BCUT2D eigenvalue weighted by molar-refractivity contribution is 0.0953. The van der Waals surface area contributed by atoms with Gasteiger partial charge in [-0.25, -0.2) is 0 Å². The van der Waals surface area contributed by atoms with Crippen molar-refractivity contribution in [1.29, 1.82) is 0 Å². The Kier molecular flexibility index (Phi) is 5.82. The van der Waals surface area contributed by atoms with Gasteiger partial charge in [0.15, 0.2) is 0 Å². The number of amides is 2. The number of carbonyl (C=O) groups is 2. The molecule has 0 aliphatic rings. The maximum Gasteiger partial charge on any atom is 0.261 e. The molecule has 0 fully saturated rings. The van der Waals surface area contributed by atoms with Crippen molar-refractivity contribution in [3.8, 4) is 0 Å². The third-order valence-corrected chi connectivity index (χ3v) is 3.80. The van der Waals surface area contributed by atoms with Crippen molar-refractivity contribution in [2.45, 2.75) is 33.6 Å². The highest BCUT2D eigenvalue weighted by atomic mass is 32.1. The van der Waals surface area contributed by atoms with Gasteiger partial charge in [-0.3, -0.25) is 9.59 Å². The first-order valence-electron chi connectivity index (χ1n) is 6.48. The third-order valence-electron chi connectivity index (χ3n) is 2.68. The number of anilines is 1. The molecule has 0 unspecified atom stereocenters. The summed E-state index contributed by atoms with van der Waals surface area (Å²) >= 11 is 1.17. The predicted octanol–water partition coefficient (Wildman–Crippen LogP) is 1.92. The molecule has 0 aliphatic carbocycles. The van der Waals surface area contributed by atoms with Crippen LogP contribution in [0.5, 0.6) is 0 Å². The summed E-state index contributed by atoms with van der Waals surface area (Å²) in [4.78, 5) is 24.4. The van der Waals surface area contributed by atoms with Gasteiger partial charge < -0.3 is 16.4 Å². The number of hydrogen-bond acceptors (Lipinski definition) is 4. The quantitative estimate of drug-likeness (QED) is 0.745. The molecule has 6 heteroatoms. The van der Waals surface area contributed by atoms with Crippen molar-refractivity contribution >= 4 is 28.2 Å². The van der Waals surface area contributed by atoms with Crippen molar-refractivity contribution < 1.29 is 9.59 Å². The van der Waals surface area contributed by atoms with Gasteiger partial charge in [-0.15, -0.1) is 11.3 Å². The van der Waals surface area contributed by atoms with E-state index in [4.69, 9.17) is 5.73 Å². The minimum atomic E-state index is -0.206. The zero-order valence-electron chi connectivity index (χ0n) is 11.6. The molecule has 5 nitrogen and oxygen atoms in total. The molecule has 1 rings (SSSR count). The molecule has 4 N–H and O–H groups in total. The zero-order chi connectivity index (χ0) is 14.4. The molecular formula is C13H21N3O2S. The zero-order valence-corrected chi connectivity index (χ0v) is 12.4. The lowest BCUT2D eigenvalue weighted by Gasteiger charge is -2.05. The lowest BCUT2D eigenvalue weighted by atomic mass is 10.1. The van der Waals surface area contributed by atoms with Crippen LogP contribution >= 0.6 is 11.3 Å². The normalized spacial score (nSPS) is 10.3. The van der Waals surface area contributed by atoms with Crippen LogP contribution in [0.4, 0.5) is 5.00 Å². The van der Waals surface area contributed by atoms with Gasteiger partial charge in [0.2, 0.25) is 0 Å². The van der Waals surface area contributed by atoms with Crippen LogP contribution in [0.15, 0.2) is 0 Å². The molecule has 106 valence electrons. The second-order valence-electron chi connectivity index (χ2n) is 4.31. The molecule has 0 aliphatic heterocycles. The fourth-order valence-electron chi connectivity index (χ4n) is 1.68. The van der Waals surface area contributed by atoms with Gasteiger partial charge in [0.25, 0.3) is 11.8 Å². The molecule has 0 atom stereocenters. The van der Waals surface area contributed by atoms with E-state index in [-0.39, 0.29) is 11.8 Å². The molecule has 1 heterocycles. The lowest BCUT2D eigenvalue weighted by Crippen LogP contribution is -2.26. The van der Waals surface area contributed by atoms with E-state index in [0.717, 1.165) is 12.8 Å². The standard InChI is InChI=1S/C13H21N3O2S/c1-4-6-15-12(17)9-8(3)10(19-11(9)14)13(18)16-7-5-2/h4-7,14H2,1-3H3,(H,15,17)(H,16,18). The second-order valence-corrected chi connectivity index (χ2v) is 5.36. The Bertz CT molecular complexity index is 469.